The van der Waals surface area contributed by atoms with Gasteiger partial charge in [-0.05, 0) is 17.7 Å². The second-order valence-electron chi connectivity index (χ2n) is 5.12. The lowest BCUT2D eigenvalue weighted by Gasteiger charge is -2.26. The van der Waals surface area contributed by atoms with Crippen LogP contribution in [0, 0.1) is 0 Å². The fourth-order valence-electron chi connectivity index (χ4n) is 2.42. The van der Waals surface area contributed by atoms with Crippen LogP contribution in [-0.2, 0) is 4.79 Å². The molecule has 2 aromatic rings. The van der Waals surface area contributed by atoms with Crippen LogP contribution < -0.4 is 10.6 Å². The highest BCUT2D eigenvalue weighted by molar-refractivity contribution is 5.92. The number of carbonyl (C=O) groups is 1. The van der Waals surface area contributed by atoms with Gasteiger partial charge in [0.25, 0.3) is 0 Å². The molecule has 6 heteroatoms. The number of nitrogens with one attached hydrogen (secondary N) is 3. The van der Waals surface area contributed by atoms with Gasteiger partial charge in [-0.25, -0.2) is 4.98 Å². The molecule has 0 unspecified atom stereocenters. The number of aromatic amines is 1. The molecule has 1 fully saturated rings. The number of imidazole rings is 1. The first kappa shape index (κ1) is 13.8. The Morgan fingerprint density at radius 3 is 2.67 bits per heavy atom. The number of anilines is 1. The minimum Gasteiger partial charge on any atom is -0.345 e. The first-order valence-electron chi connectivity index (χ1n) is 7.13. The average molecular weight is 285 g/mol. The van der Waals surface area contributed by atoms with Crippen LogP contribution in [0.15, 0.2) is 36.8 Å². The van der Waals surface area contributed by atoms with E-state index in [0.29, 0.717) is 6.54 Å². The third-order valence-corrected chi connectivity index (χ3v) is 3.55. The molecular weight excluding hydrogens is 266 g/mol. The third-order valence-electron chi connectivity index (χ3n) is 3.55. The molecule has 0 saturated carbocycles. The van der Waals surface area contributed by atoms with Crippen LogP contribution in [0.1, 0.15) is 0 Å². The molecule has 1 amide bonds. The maximum atomic E-state index is 12.0. The summed E-state index contributed by atoms with van der Waals surface area (Å²) in [5.74, 6) is 0.0335. The lowest BCUT2D eigenvalue weighted by Crippen LogP contribution is -2.46. The molecule has 1 aliphatic heterocycles. The molecule has 0 bridgehead atoms. The number of nitrogens with zero attached hydrogens (tertiary/aromatic N) is 2. The average Bonchev–Trinajstić information content (AvgIpc) is 3.03. The summed E-state index contributed by atoms with van der Waals surface area (Å²) in [6.45, 7) is 4.20. The SMILES string of the molecule is O=C(CN1CCNCC1)Nc1ccc(-c2cnc[nH]2)cc1. The minimum absolute atomic E-state index is 0.0335. The highest BCUT2D eigenvalue weighted by Crippen LogP contribution is 2.18. The zero-order valence-electron chi connectivity index (χ0n) is 11.8. The Balaban J connectivity index is 1.56. The summed E-state index contributed by atoms with van der Waals surface area (Å²) >= 11 is 0. The predicted molar refractivity (Wildman–Crippen MR) is 82.0 cm³/mol. The van der Waals surface area contributed by atoms with Gasteiger partial charge in [0.15, 0.2) is 0 Å². The molecule has 0 radical (unpaired) electrons. The summed E-state index contributed by atoms with van der Waals surface area (Å²) in [5, 5.41) is 6.21. The molecule has 6 nitrogen and oxygen atoms in total. The van der Waals surface area contributed by atoms with E-state index in [1.807, 2.05) is 24.3 Å². The molecule has 1 aromatic carbocycles. The second-order valence-corrected chi connectivity index (χ2v) is 5.12. The topological polar surface area (TPSA) is 73.1 Å². The summed E-state index contributed by atoms with van der Waals surface area (Å²) in [4.78, 5) is 21.2. The van der Waals surface area contributed by atoms with E-state index in [1.54, 1.807) is 12.5 Å². The van der Waals surface area contributed by atoms with Crippen LogP contribution in [-0.4, -0.2) is 53.5 Å². The Hall–Kier alpha value is -2.18. The van der Waals surface area contributed by atoms with Gasteiger partial charge in [0.1, 0.15) is 0 Å². The van der Waals surface area contributed by atoms with E-state index in [0.717, 1.165) is 43.1 Å². The third kappa shape index (κ3) is 3.68. The van der Waals surface area contributed by atoms with Gasteiger partial charge in [0.05, 0.1) is 24.8 Å². The fraction of sp³-hybridized carbons (Fsp3) is 0.333. The Bertz CT molecular complexity index is 573. The van der Waals surface area contributed by atoms with Crippen LogP contribution in [0.5, 0.6) is 0 Å². The number of piperazine rings is 1. The zero-order valence-corrected chi connectivity index (χ0v) is 11.8. The summed E-state index contributed by atoms with van der Waals surface area (Å²) in [6, 6.07) is 7.75. The molecule has 0 aliphatic carbocycles. The van der Waals surface area contributed by atoms with E-state index in [1.165, 1.54) is 0 Å². The monoisotopic (exact) mass is 285 g/mol. The Morgan fingerprint density at radius 2 is 2.00 bits per heavy atom. The van der Waals surface area contributed by atoms with Crippen molar-refractivity contribution < 1.29 is 4.79 Å². The smallest absolute Gasteiger partial charge is 0.238 e. The van der Waals surface area contributed by atoms with Gasteiger partial charge in [-0.3, -0.25) is 9.69 Å². The molecule has 2 heterocycles. The Morgan fingerprint density at radius 1 is 1.24 bits per heavy atom. The number of amides is 1. The molecule has 0 atom stereocenters. The standard InChI is InChI=1S/C15H19N5O/c21-15(10-20-7-5-16-6-8-20)19-13-3-1-12(2-4-13)14-9-17-11-18-14/h1-4,9,11,16H,5-8,10H2,(H,17,18)(H,19,21). The summed E-state index contributed by atoms with van der Waals surface area (Å²) in [7, 11) is 0. The van der Waals surface area contributed by atoms with Gasteiger partial charge in [-0.2, -0.15) is 0 Å². The summed E-state index contributed by atoms with van der Waals surface area (Å²) < 4.78 is 0. The van der Waals surface area contributed by atoms with Crippen molar-refractivity contribution in [3.05, 3.63) is 36.8 Å². The molecule has 1 saturated heterocycles. The first-order chi connectivity index (χ1) is 10.3. The second kappa shape index (κ2) is 6.51. The van der Waals surface area contributed by atoms with Crippen molar-refractivity contribution in [2.75, 3.05) is 38.0 Å². The van der Waals surface area contributed by atoms with E-state index < -0.39 is 0 Å². The van der Waals surface area contributed by atoms with E-state index in [-0.39, 0.29) is 5.91 Å². The van der Waals surface area contributed by atoms with Crippen LogP contribution in [0.2, 0.25) is 0 Å². The summed E-state index contributed by atoms with van der Waals surface area (Å²) in [6.07, 6.45) is 3.43. The number of aromatic nitrogens is 2. The number of hydrogen-bond acceptors (Lipinski definition) is 4. The first-order valence-corrected chi connectivity index (χ1v) is 7.13. The van der Waals surface area contributed by atoms with Crippen molar-refractivity contribution >= 4 is 11.6 Å². The number of H-pyrrole nitrogens is 1. The Kier molecular flexibility index (Phi) is 4.28. The molecule has 3 N–H and O–H groups in total. The van der Waals surface area contributed by atoms with Crippen LogP contribution in [0.4, 0.5) is 5.69 Å². The van der Waals surface area contributed by atoms with Crippen molar-refractivity contribution in [2.45, 2.75) is 0 Å². The Labute approximate surface area is 123 Å². The van der Waals surface area contributed by atoms with Crippen LogP contribution in [0.25, 0.3) is 11.3 Å². The molecular formula is C15H19N5O. The lowest BCUT2D eigenvalue weighted by atomic mass is 10.1. The van der Waals surface area contributed by atoms with Crippen molar-refractivity contribution in [3.63, 3.8) is 0 Å². The van der Waals surface area contributed by atoms with Crippen molar-refractivity contribution in [3.8, 4) is 11.3 Å². The molecule has 1 aromatic heterocycles. The normalized spacial score (nSPS) is 15.8. The van der Waals surface area contributed by atoms with E-state index in [9.17, 15) is 4.79 Å². The van der Waals surface area contributed by atoms with Gasteiger partial charge < -0.3 is 15.6 Å². The maximum absolute atomic E-state index is 12.0. The number of hydrogen-bond donors (Lipinski definition) is 3. The largest absolute Gasteiger partial charge is 0.345 e. The maximum Gasteiger partial charge on any atom is 0.238 e. The van der Waals surface area contributed by atoms with Crippen molar-refractivity contribution in [1.29, 1.82) is 0 Å². The van der Waals surface area contributed by atoms with Gasteiger partial charge in [0, 0.05) is 31.9 Å². The molecule has 110 valence electrons. The lowest BCUT2D eigenvalue weighted by molar-refractivity contribution is -0.117. The summed E-state index contributed by atoms with van der Waals surface area (Å²) in [5.41, 5.74) is 2.83. The van der Waals surface area contributed by atoms with Gasteiger partial charge >= 0.3 is 0 Å². The van der Waals surface area contributed by atoms with Crippen LogP contribution in [0.3, 0.4) is 0 Å². The molecule has 1 aliphatic rings. The molecule has 0 spiro atoms. The quantitative estimate of drug-likeness (QED) is 0.781. The highest BCUT2D eigenvalue weighted by Gasteiger charge is 2.13. The van der Waals surface area contributed by atoms with Crippen LogP contribution >= 0.6 is 0 Å². The zero-order chi connectivity index (χ0) is 14.5. The number of rotatable bonds is 4. The predicted octanol–water partition coefficient (Wildman–Crippen LogP) is 0.920. The number of benzene rings is 1. The molecule has 3 rings (SSSR count). The number of carbonyl (C=O) groups excluding carboxylic acids is 1. The van der Waals surface area contributed by atoms with Gasteiger partial charge in [-0.1, -0.05) is 12.1 Å². The van der Waals surface area contributed by atoms with E-state index in [2.05, 4.69) is 25.5 Å². The van der Waals surface area contributed by atoms with Gasteiger partial charge in [0.2, 0.25) is 5.91 Å². The van der Waals surface area contributed by atoms with E-state index in [4.69, 9.17) is 0 Å². The van der Waals surface area contributed by atoms with Crippen molar-refractivity contribution in [2.24, 2.45) is 0 Å². The molecule has 21 heavy (non-hydrogen) atoms. The highest BCUT2D eigenvalue weighted by atomic mass is 16.2. The van der Waals surface area contributed by atoms with Crippen molar-refractivity contribution in [1.82, 2.24) is 20.2 Å². The van der Waals surface area contributed by atoms with Gasteiger partial charge in [-0.15, -0.1) is 0 Å². The van der Waals surface area contributed by atoms with E-state index >= 15 is 0 Å². The fourth-order valence-corrected chi connectivity index (χ4v) is 2.42. The minimum atomic E-state index is 0.0335.